The molecule has 1 amide bonds. The van der Waals surface area contributed by atoms with Crippen LogP contribution in [0.3, 0.4) is 0 Å². The zero-order valence-corrected chi connectivity index (χ0v) is 14.6. The van der Waals surface area contributed by atoms with Crippen LogP contribution in [0.5, 0.6) is 0 Å². The molecule has 2 rings (SSSR count). The van der Waals surface area contributed by atoms with Crippen LogP contribution < -0.4 is 5.73 Å². The van der Waals surface area contributed by atoms with Crippen LogP contribution in [0.15, 0.2) is 16.7 Å². The van der Waals surface area contributed by atoms with Crippen molar-refractivity contribution in [1.29, 1.82) is 0 Å². The van der Waals surface area contributed by atoms with Crippen LogP contribution in [0.1, 0.15) is 43.7 Å². The third kappa shape index (κ3) is 3.57. The highest BCUT2D eigenvalue weighted by atomic mass is 79.9. The zero-order valence-electron chi connectivity index (χ0n) is 12.2. The van der Waals surface area contributed by atoms with E-state index >= 15 is 0 Å². The van der Waals surface area contributed by atoms with Gasteiger partial charge >= 0.3 is 0 Å². The van der Waals surface area contributed by atoms with Crippen molar-refractivity contribution < 1.29 is 4.79 Å². The molecule has 20 heavy (non-hydrogen) atoms. The van der Waals surface area contributed by atoms with E-state index in [0.717, 1.165) is 29.7 Å². The number of carbonyl (C=O) groups is 1. The highest BCUT2D eigenvalue weighted by Crippen LogP contribution is 2.24. The van der Waals surface area contributed by atoms with Crippen molar-refractivity contribution in [3.63, 3.8) is 0 Å². The van der Waals surface area contributed by atoms with Crippen LogP contribution in [-0.2, 0) is 0 Å². The second-order valence-electron chi connectivity index (χ2n) is 5.70. The molecule has 0 bridgehead atoms. The molecular formula is C14H23BrClN3O. The van der Waals surface area contributed by atoms with Crippen LogP contribution in [-0.4, -0.2) is 34.5 Å². The Morgan fingerprint density at radius 2 is 2.10 bits per heavy atom. The average molecular weight is 365 g/mol. The Labute approximate surface area is 135 Å². The smallest absolute Gasteiger partial charge is 0.270 e. The van der Waals surface area contributed by atoms with Gasteiger partial charge in [-0.1, -0.05) is 0 Å². The minimum atomic E-state index is 0. The van der Waals surface area contributed by atoms with Gasteiger partial charge in [0.2, 0.25) is 0 Å². The molecule has 0 saturated carbocycles. The average Bonchev–Trinajstić information content (AvgIpc) is 2.94. The molecule has 1 aromatic heterocycles. The van der Waals surface area contributed by atoms with E-state index in [1.165, 1.54) is 0 Å². The number of nitrogens with two attached hydrogens (primary N) is 1. The molecule has 2 atom stereocenters. The van der Waals surface area contributed by atoms with E-state index in [1.807, 2.05) is 28.7 Å². The number of hydrogen-bond acceptors (Lipinski definition) is 2. The number of likely N-dealkylation sites (tertiary alicyclic amines) is 1. The molecule has 0 aliphatic carbocycles. The Hall–Kier alpha value is -0.520. The number of nitrogens with zero attached hydrogens (tertiary/aromatic N) is 2. The molecule has 2 N–H and O–H groups in total. The van der Waals surface area contributed by atoms with Crippen molar-refractivity contribution in [2.24, 2.45) is 11.7 Å². The van der Waals surface area contributed by atoms with Crippen LogP contribution in [0.4, 0.5) is 0 Å². The van der Waals surface area contributed by atoms with E-state index in [-0.39, 0.29) is 30.4 Å². The van der Waals surface area contributed by atoms with Crippen LogP contribution >= 0.6 is 28.3 Å². The van der Waals surface area contributed by atoms with E-state index in [4.69, 9.17) is 5.73 Å². The molecule has 6 heteroatoms. The monoisotopic (exact) mass is 363 g/mol. The molecular weight excluding hydrogens is 342 g/mol. The Kier molecular flexibility index (Phi) is 6.10. The van der Waals surface area contributed by atoms with Crippen molar-refractivity contribution in [2.75, 3.05) is 13.1 Å². The number of halogens is 2. The summed E-state index contributed by atoms with van der Waals surface area (Å²) in [6, 6.07) is 2.33. The van der Waals surface area contributed by atoms with Gasteiger partial charge in [-0.15, -0.1) is 12.4 Å². The first-order chi connectivity index (χ1) is 8.90. The molecule has 1 aliphatic heterocycles. The van der Waals surface area contributed by atoms with Gasteiger partial charge in [-0.3, -0.25) is 4.79 Å². The Balaban J connectivity index is 0.00000200. The van der Waals surface area contributed by atoms with Crippen molar-refractivity contribution >= 4 is 34.2 Å². The lowest BCUT2D eigenvalue weighted by molar-refractivity contribution is 0.0773. The van der Waals surface area contributed by atoms with Gasteiger partial charge < -0.3 is 15.2 Å². The van der Waals surface area contributed by atoms with Gasteiger partial charge in [0.1, 0.15) is 5.69 Å². The third-order valence-electron chi connectivity index (χ3n) is 3.85. The summed E-state index contributed by atoms with van der Waals surface area (Å²) < 4.78 is 2.97. The van der Waals surface area contributed by atoms with E-state index in [2.05, 4.69) is 29.8 Å². The number of hydrogen-bond donors (Lipinski definition) is 1. The lowest BCUT2D eigenvalue weighted by atomic mass is 10.0. The summed E-state index contributed by atoms with van der Waals surface area (Å²) in [5, 5.41) is 0. The second-order valence-corrected chi connectivity index (χ2v) is 6.62. The normalized spacial score (nSPS) is 20.1. The molecule has 0 spiro atoms. The van der Waals surface area contributed by atoms with Crippen molar-refractivity contribution in [1.82, 2.24) is 9.47 Å². The van der Waals surface area contributed by atoms with Gasteiger partial charge in [0.25, 0.3) is 5.91 Å². The molecule has 0 aromatic carbocycles. The molecule has 114 valence electrons. The maximum Gasteiger partial charge on any atom is 0.270 e. The maximum absolute atomic E-state index is 12.6. The first-order valence-corrected chi connectivity index (χ1v) is 7.61. The summed E-state index contributed by atoms with van der Waals surface area (Å²) in [6.07, 6.45) is 2.98. The van der Waals surface area contributed by atoms with Gasteiger partial charge in [-0.25, -0.2) is 0 Å². The summed E-state index contributed by atoms with van der Waals surface area (Å²) >= 11 is 3.45. The van der Waals surface area contributed by atoms with E-state index in [9.17, 15) is 4.79 Å². The third-order valence-corrected chi connectivity index (χ3v) is 4.28. The number of aromatic nitrogens is 1. The Bertz CT molecular complexity index is 473. The zero-order chi connectivity index (χ0) is 14.2. The standard InChI is InChI=1S/C14H22BrN3O.ClH/c1-9(2)18-8-12(15)6-13(18)14(19)17-5-4-11(7-17)10(3)16;/h6,8-11H,4-5,7,16H2,1-3H3;1H. The summed E-state index contributed by atoms with van der Waals surface area (Å²) in [6.45, 7) is 7.77. The maximum atomic E-state index is 12.6. The first-order valence-electron chi connectivity index (χ1n) is 6.82. The van der Waals surface area contributed by atoms with Gasteiger partial charge in [-0.2, -0.15) is 0 Å². The summed E-state index contributed by atoms with van der Waals surface area (Å²) in [5.41, 5.74) is 6.69. The van der Waals surface area contributed by atoms with Crippen molar-refractivity contribution in [3.05, 3.63) is 22.4 Å². The molecule has 0 radical (unpaired) electrons. The number of amides is 1. The predicted octanol–water partition coefficient (Wildman–Crippen LogP) is 3.06. The summed E-state index contributed by atoms with van der Waals surface area (Å²) in [4.78, 5) is 14.5. The minimum absolute atomic E-state index is 0. The highest BCUT2D eigenvalue weighted by Gasteiger charge is 2.30. The largest absolute Gasteiger partial charge is 0.340 e. The fourth-order valence-corrected chi connectivity index (χ4v) is 3.04. The topological polar surface area (TPSA) is 51.3 Å². The lowest BCUT2D eigenvalue weighted by Gasteiger charge is -2.20. The van der Waals surface area contributed by atoms with Crippen molar-refractivity contribution in [3.8, 4) is 0 Å². The van der Waals surface area contributed by atoms with Crippen LogP contribution in [0.25, 0.3) is 0 Å². The fourth-order valence-electron chi connectivity index (χ4n) is 2.61. The Morgan fingerprint density at radius 1 is 1.45 bits per heavy atom. The van der Waals surface area contributed by atoms with Gasteiger partial charge in [0.05, 0.1) is 0 Å². The predicted molar refractivity (Wildman–Crippen MR) is 87.4 cm³/mol. The number of carbonyl (C=O) groups excluding carboxylic acids is 1. The Morgan fingerprint density at radius 3 is 2.60 bits per heavy atom. The first kappa shape index (κ1) is 17.5. The molecule has 4 nitrogen and oxygen atoms in total. The van der Waals surface area contributed by atoms with Crippen LogP contribution in [0, 0.1) is 5.92 Å². The second kappa shape index (κ2) is 6.96. The number of rotatable bonds is 3. The van der Waals surface area contributed by atoms with E-state index < -0.39 is 0 Å². The summed E-state index contributed by atoms with van der Waals surface area (Å²) in [5.74, 6) is 0.539. The van der Waals surface area contributed by atoms with E-state index in [1.54, 1.807) is 0 Å². The summed E-state index contributed by atoms with van der Waals surface area (Å²) in [7, 11) is 0. The molecule has 1 aliphatic rings. The van der Waals surface area contributed by atoms with Crippen LogP contribution in [0.2, 0.25) is 0 Å². The minimum Gasteiger partial charge on any atom is -0.340 e. The molecule has 1 fully saturated rings. The van der Waals surface area contributed by atoms with Crippen molar-refractivity contribution in [2.45, 2.75) is 39.3 Å². The lowest BCUT2D eigenvalue weighted by Crippen LogP contribution is -2.34. The molecule has 1 saturated heterocycles. The van der Waals surface area contributed by atoms with E-state index in [0.29, 0.717) is 5.92 Å². The van der Waals surface area contributed by atoms with Gasteiger partial charge in [0, 0.05) is 35.8 Å². The fraction of sp³-hybridized carbons (Fsp3) is 0.643. The van der Waals surface area contributed by atoms with Gasteiger partial charge in [0.15, 0.2) is 0 Å². The quantitative estimate of drug-likeness (QED) is 0.896. The molecule has 2 unspecified atom stereocenters. The van der Waals surface area contributed by atoms with Gasteiger partial charge in [-0.05, 0) is 55.1 Å². The SMILES string of the molecule is CC(N)C1CCN(C(=O)c2cc(Br)cn2C(C)C)C1.Cl. The molecule has 1 aromatic rings. The molecule has 2 heterocycles. The highest BCUT2D eigenvalue weighted by molar-refractivity contribution is 9.10.